The van der Waals surface area contributed by atoms with Crippen molar-refractivity contribution in [1.82, 2.24) is 9.97 Å². The van der Waals surface area contributed by atoms with Crippen LogP contribution in [-0.4, -0.2) is 9.97 Å². The van der Waals surface area contributed by atoms with Crippen LogP contribution >= 0.6 is 0 Å². The molecular weight excluding hydrogens is 290 g/mol. The summed E-state index contributed by atoms with van der Waals surface area (Å²) in [5.41, 5.74) is 8.50. The Morgan fingerprint density at radius 3 is 2.33 bits per heavy atom. The number of hydrogen-bond donors (Lipinski definition) is 2. The van der Waals surface area contributed by atoms with Crippen molar-refractivity contribution in [3.05, 3.63) is 34.9 Å². The first-order valence-corrected chi connectivity index (χ1v) is 5.45. The standard InChI is InChI=1S/C12H7F4N5/c13-7-2-5(10(15)16)8(14)1-4(7)9-6(3-17)11(18)21-12(19)20-9/h1-2,10H,(H4,18,19,20,21). The van der Waals surface area contributed by atoms with Gasteiger partial charge in [0.2, 0.25) is 5.95 Å². The van der Waals surface area contributed by atoms with Gasteiger partial charge in [0.25, 0.3) is 6.43 Å². The second-order valence-electron chi connectivity index (χ2n) is 3.96. The molecule has 0 unspecified atom stereocenters. The number of benzene rings is 1. The third-order valence-electron chi connectivity index (χ3n) is 2.64. The van der Waals surface area contributed by atoms with Crippen molar-refractivity contribution in [2.75, 3.05) is 11.5 Å². The van der Waals surface area contributed by atoms with Crippen LogP contribution in [-0.2, 0) is 0 Å². The van der Waals surface area contributed by atoms with Crippen molar-refractivity contribution in [1.29, 1.82) is 5.26 Å². The lowest BCUT2D eigenvalue weighted by Gasteiger charge is -2.10. The Balaban J connectivity index is 2.74. The van der Waals surface area contributed by atoms with Gasteiger partial charge in [-0.15, -0.1) is 0 Å². The third kappa shape index (κ3) is 2.55. The number of alkyl halides is 2. The molecule has 21 heavy (non-hydrogen) atoms. The van der Waals surface area contributed by atoms with Crippen molar-refractivity contribution >= 4 is 11.8 Å². The average Bonchev–Trinajstić information content (AvgIpc) is 2.39. The first kappa shape index (κ1) is 14.5. The van der Waals surface area contributed by atoms with Crippen LogP contribution in [0.5, 0.6) is 0 Å². The van der Waals surface area contributed by atoms with Gasteiger partial charge in [0, 0.05) is 5.56 Å². The largest absolute Gasteiger partial charge is 0.382 e. The van der Waals surface area contributed by atoms with Crippen molar-refractivity contribution in [3.8, 4) is 17.3 Å². The molecule has 1 aromatic heterocycles. The second kappa shape index (κ2) is 5.24. The molecule has 5 nitrogen and oxygen atoms in total. The lowest BCUT2D eigenvalue weighted by molar-refractivity contribution is 0.146. The molecule has 0 atom stereocenters. The van der Waals surface area contributed by atoms with E-state index >= 15 is 0 Å². The molecule has 2 rings (SSSR count). The molecular formula is C12H7F4N5. The molecule has 0 amide bonds. The molecule has 0 aliphatic carbocycles. The number of hydrogen-bond acceptors (Lipinski definition) is 5. The first-order valence-electron chi connectivity index (χ1n) is 5.45. The van der Waals surface area contributed by atoms with Crippen molar-refractivity contribution in [2.24, 2.45) is 0 Å². The predicted molar refractivity (Wildman–Crippen MR) is 65.9 cm³/mol. The minimum absolute atomic E-state index is 0.322. The van der Waals surface area contributed by atoms with E-state index in [0.29, 0.717) is 12.1 Å². The Kier molecular flexibility index (Phi) is 3.62. The molecule has 0 spiro atoms. The third-order valence-corrected chi connectivity index (χ3v) is 2.64. The summed E-state index contributed by atoms with van der Waals surface area (Å²) in [5.74, 6) is -3.20. The number of nitrogens with zero attached hydrogens (tertiary/aromatic N) is 3. The second-order valence-corrected chi connectivity index (χ2v) is 3.96. The van der Waals surface area contributed by atoms with Gasteiger partial charge in [-0.2, -0.15) is 10.2 Å². The maximum absolute atomic E-state index is 13.9. The number of nitrogen functional groups attached to an aromatic ring is 2. The average molecular weight is 297 g/mol. The van der Waals surface area contributed by atoms with Crippen LogP contribution in [0.2, 0.25) is 0 Å². The van der Waals surface area contributed by atoms with Crippen LogP contribution in [0.1, 0.15) is 17.6 Å². The molecule has 0 bridgehead atoms. The Morgan fingerprint density at radius 1 is 1.10 bits per heavy atom. The normalized spacial score (nSPS) is 10.7. The van der Waals surface area contributed by atoms with Gasteiger partial charge in [-0.1, -0.05) is 0 Å². The van der Waals surface area contributed by atoms with Crippen LogP contribution < -0.4 is 11.5 Å². The van der Waals surface area contributed by atoms with E-state index in [1.165, 1.54) is 0 Å². The van der Waals surface area contributed by atoms with Gasteiger partial charge >= 0.3 is 0 Å². The molecule has 2 aromatic rings. The highest BCUT2D eigenvalue weighted by Gasteiger charge is 2.22. The zero-order valence-electron chi connectivity index (χ0n) is 10.2. The molecule has 9 heteroatoms. The summed E-state index contributed by atoms with van der Waals surface area (Å²) in [5, 5.41) is 8.97. The monoisotopic (exact) mass is 297 g/mol. The number of halogens is 4. The maximum Gasteiger partial charge on any atom is 0.266 e. The molecule has 0 aliphatic rings. The van der Waals surface area contributed by atoms with Crippen LogP contribution in [0.25, 0.3) is 11.3 Å². The Morgan fingerprint density at radius 2 is 1.76 bits per heavy atom. The van der Waals surface area contributed by atoms with Gasteiger partial charge in [0.1, 0.15) is 29.1 Å². The van der Waals surface area contributed by atoms with E-state index in [9.17, 15) is 17.6 Å². The van der Waals surface area contributed by atoms with E-state index in [4.69, 9.17) is 16.7 Å². The van der Waals surface area contributed by atoms with Crippen LogP contribution in [0.3, 0.4) is 0 Å². The SMILES string of the molecule is N#Cc1c(N)nc(N)nc1-c1cc(F)c(C(F)F)cc1F. The number of nitriles is 1. The summed E-state index contributed by atoms with van der Waals surface area (Å²) in [6.07, 6.45) is -3.18. The molecule has 1 aromatic carbocycles. The molecule has 0 saturated carbocycles. The number of aromatic nitrogens is 2. The van der Waals surface area contributed by atoms with Gasteiger partial charge in [0.15, 0.2) is 0 Å². The lowest BCUT2D eigenvalue weighted by atomic mass is 10.0. The van der Waals surface area contributed by atoms with Gasteiger partial charge in [-0.25, -0.2) is 22.5 Å². The van der Waals surface area contributed by atoms with Crippen molar-refractivity contribution in [2.45, 2.75) is 6.43 Å². The molecule has 0 radical (unpaired) electrons. The van der Waals surface area contributed by atoms with Crippen LogP contribution in [0.15, 0.2) is 12.1 Å². The highest BCUT2D eigenvalue weighted by molar-refractivity contribution is 5.73. The summed E-state index contributed by atoms with van der Waals surface area (Å²) in [4.78, 5) is 7.14. The van der Waals surface area contributed by atoms with E-state index in [-0.39, 0.29) is 23.0 Å². The summed E-state index contributed by atoms with van der Waals surface area (Å²) in [7, 11) is 0. The number of anilines is 2. The smallest absolute Gasteiger partial charge is 0.266 e. The molecule has 0 saturated heterocycles. The maximum atomic E-state index is 13.9. The highest BCUT2D eigenvalue weighted by Crippen LogP contribution is 2.32. The van der Waals surface area contributed by atoms with E-state index in [0.717, 1.165) is 0 Å². The zero-order chi connectivity index (χ0) is 15.7. The van der Waals surface area contributed by atoms with E-state index in [1.54, 1.807) is 6.07 Å². The number of nitrogens with two attached hydrogens (primary N) is 2. The van der Waals surface area contributed by atoms with Gasteiger partial charge in [0.05, 0.1) is 11.3 Å². The Labute approximate surface area is 115 Å². The highest BCUT2D eigenvalue weighted by atomic mass is 19.3. The van der Waals surface area contributed by atoms with E-state index in [2.05, 4.69) is 9.97 Å². The van der Waals surface area contributed by atoms with Gasteiger partial charge in [-0.05, 0) is 12.1 Å². The lowest BCUT2D eigenvalue weighted by Crippen LogP contribution is -2.06. The van der Waals surface area contributed by atoms with Gasteiger partial charge in [-0.3, -0.25) is 0 Å². The zero-order valence-corrected chi connectivity index (χ0v) is 10.2. The molecule has 0 aliphatic heterocycles. The fraction of sp³-hybridized carbons (Fsp3) is 0.0833. The molecule has 1 heterocycles. The summed E-state index contributed by atoms with van der Waals surface area (Å²) in [6, 6.07) is 2.48. The van der Waals surface area contributed by atoms with Crippen LogP contribution in [0, 0.1) is 23.0 Å². The topological polar surface area (TPSA) is 102 Å². The Hall–Kier alpha value is -2.89. The molecule has 4 N–H and O–H groups in total. The fourth-order valence-corrected chi connectivity index (χ4v) is 1.71. The Bertz CT molecular complexity index is 754. The minimum atomic E-state index is -3.18. The molecule has 0 fully saturated rings. The summed E-state index contributed by atoms with van der Waals surface area (Å²) >= 11 is 0. The first-order chi connectivity index (χ1) is 9.85. The fourth-order valence-electron chi connectivity index (χ4n) is 1.71. The van der Waals surface area contributed by atoms with E-state index in [1.807, 2.05) is 0 Å². The molecule has 108 valence electrons. The minimum Gasteiger partial charge on any atom is -0.382 e. The summed E-state index contributed by atoms with van der Waals surface area (Å²) < 4.78 is 52.5. The van der Waals surface area contributed by atoms with E-state index < -0.39 is 29.2 Å². The van der Waals surface area contributed by atoms with Gasteiger partial charge < -0.3 is 11.5 Å². The van der Waals surface area contributed by atoms with Crippen molar-refractivity contribution < 1.29 is 17.6 Å². The predicted octanol–water partition coefficient (Wildman–Crippen LogP) is 2.40. The van der Waals surface area contributed by atoms with Crippen LogP contribution in [0.4, 0.5) is 29.3 Å². The van der Waals surface area contributed by atoms with Crippen molar-refractivity contribution in [3.63, 3.8) is 0 Å². The summed E-state index contributed by atoms with van der Waals surface area (Å²) in [6.45, 7) is 0. The number of rotatable bonds is 2. The quantitative estimate of drug-likeness (QED) is 0.829.